The topological polar surface area (TPSA) is 55.3 Å². The molecule has 3 aromatic rings. The summed E-state index contributed by atoms with van der Waals surface area (Å²) < 4.78 is 1.83. The van der Waals surface area contributed by atoms with Crippen molar-refractivity contribution < 1.29 is 4.57 Å². The minimum atomic E-state index is -0.0468. The van der Waals surface area contributed by atoms with Crippen LogP contribution in [0.5, 0.6) is 0 Å². The van der Waals surface area contributed by atoms with Crippen LogP contribution in [0.2, 0.25) is 5.02 Å². The van der Waals surface area contributed by atoms with Crippen molar-refractivity contribution in [3.05, 3.63) is 64.0 Å². The third-order valence-corrected chi connectivity index (χ3v) is 5.94. The van der Waals surface area contributed by atoms with E-state index in [-0.39, 0.29) is 11.7 Å². The second kappa shape index (κ2) is 7.11. The number of hydrogen-bond donors (Lipinski definition) is 2. The maximum Gasteiger partial charge on any atom is 0.441 e. The first-order chi connectivity index (χ1) is 13.7. The van der Waals surface area contributed by atoms with E-state index in [4.69, 9.17) is 11.6 Å². The van der Waals surface area contributed by atoms with Crippen molar-refractivity contribution in [1.29, 1.82) is 0 Å². The number of benzene rings is 2. The summed E-state index contributed by atoms with van der Waals surface area (Å²) in [5.41, 5.74) is 2.02. The molecule has 2 aromatic carbocycles. The first kappa shape index (κ1) is 17.5. The fourth-order valence-corrected chi connectivity index (χ4v) is 4.48. The summed E-state index contributed by atoms with van der Waals surface area (Å²) >= 11 is 6.13. The van der Waals surface area contributed by atoms with E-state index in [9.17, 15) is 4.79 Å². The standard InChI is InChI=1S/C21H22ClN5O/c22-15-4-3-5-17(12-15)26-10-8-25(9-11-26)13-16-14-27-20(23-16)18-6-1-2-7-19(18)24-21(27)28/h1-7,12,16H,8-11,13-14H2,(H,23,24,28)/p+1/t16-/m0/s1. The molecule has 0 unspecified atom stereocenters. The minimum Gasteiger partial charge on any atom is -0.369 e. The molecule has 28 heavy (non-hydrogen) atoms. The normalized spacial score (nSPS) is 19.6. The van der Waals surface area contributed by atoms with E-state index < -0.39 is 0 Å². The molecule has 0 spiro atoms. The molecule has 0 radical (unpaired) electrons. The lowest BCUT2D eigenvalue weighted by Crippen LogP contribution is -2.53. The highest BCUT2D eigenvalue weighted by atomic mass is 35.5. The van der Waals surface area contributed by atoms with Gasteiger partial charge < -0.3 is 4.90 Å². The second-order valence-electron chi connectivity index (χ2n) is 7.54. The van der Waals surface area contributed by atoms with Crippen LogP contribution in [-0.4, -0.2) is 48.6 Å². The van der Waals surface area contributed by atoms with Crippen molar-refractivity contribution in [3.63, 3.8) is 0 Å². The Morgan fingerprint density at radius 3 is 2.71 bits per heavy atom. The van der Waals surface area contributed by atoms with Crippen molar-refractivity contribution in [2.45, 2.75) is 12.6 Å². The fourth-order valence-electron chi connectivity index (χ4n) is 4.29. The zero-order chi connectivity index (χ0) is 19.1. The van der Waals surface area contributed by atoms with Crippen LogP contribution in [0.4, 0.5) is 11.5 Å². The number of piperazine rings is 1. The Balaban J connectivity index is 1.25. The molecule has 1 atom stereocenters. The number of aromatic nitrogens is 2. The summed E-state index contributed by atoms with van der Waals surface area (Å²) in [4.78, 5) is 20.3. The summed E-state index contributed by atoms with van der Waals surface area (Å²) in [6, 6.07) is 16.2. The van der Waals surface area contributed by atoms with Crippen molar-refractivity contribution in [2.75, 3.05) is 42.9 Å². The number of halogens is 1. The number of anilines is 2. The molecular weight excluding hydrogens is 374 g/mol. The van der Waals surface area contributed by atoms with Crippen molar-refractivity contribution >= 4 is 34.0 Å². The molecule has 0 aliphatic carbocycles. The van der Waals surface area contributed by atoms with Gasteiger partial charge in [-0.2, -0.15) is 4.57 Å². The van der Waals surface area contributed by atoms with E-state index in [0.29, 0.717) is 6.54 Å². The average molecular weight is 397 g/mol. The van der Waals surface area contributed by atoms with E-state index >= 15 is 0 Å². The number of nitrogens with zero attached hydrogens (tertiary/aromatic N) is 3. The highest BCUT2D eigenvalue weighted by Crippen LogP contribution is 2.23. The molecule has 0 amide bonds. The maximum absolute atomic E-state index is 12.4. The number of H-pyrrole nitrogens is 1. The van der Waals surface area contributed by atoms with Gasteiger partial charge in [0.15, 0.2) is 0 Å². The van der Waals surface area contributed by atoms with E-state index in [1.807, 2.05) is 41.0 Å². The molecule has 1 saturated heterocycles. The molecule has 1 fully saturated rings. The lowest BCUT2D eigenvalue weighted by atomic mass is 10.2. The number of aromatic amines is 1. The second-order valence-corrected chi connectivity index (χ2v) is 7.98. The van der Waals surface area contributed by atoms with Crippen LogP contribution in [0.1, 0.15) is 0 Å². The van der Waals surface area contributed by atoms with E-state index in [0.717, 1.165) is 54.5 Å². The molecule has 144 valence electrons. The maximum atomic E-state index is 12.4. The zero-order valence-corrected chi connectivity index (χ0v) is 16.3. The number of hydrogen-bond acceptors (Lipinski definition) is 4. The lowest BCUT2D eigenvalue weighted by Gasteiger charge is -2.36. The molecule has 3 heterocycles. The summed E-state index contributed by atoms with van der Waals surface area (Å²) in [7, 11) is 0. The Labute approximate surface area is 168 Å². The first-order valence-electron chi connectivity index (χ1n) is 9.72. The van der Waals surface area contributed by atoms with Gasteiger partial charge in [0.2, 0.25) is 5.82 Å². The third-order valence-electron chi connectivity index (χ3n) is 5.71. The Hall–Kier alpha value is -2.57. The van der Waals surface area contributed by atoms with Gasteiger partial charge in [0.25, 0.3) is 0 Å². The molecule has 0 bridgehead atoms. The van der Waals surface area contributed by atoms with Crippen LogP contribution in [-0.2, 0) is 6.54 Å². The largest absolute Gasteiger partial charge is 0.441 e. The van der Waals surface area contributed by atoms with Gasteiger partial charge in [-0.05, 0) is 30.3 Å². The molecule has 6 nitrogen and oxygen atoms in total. The smallest absolute Gasteiger partial charge is 0.369 e. The highest BCUT2D eigenvalue weighted by Gasteiger charge is 2.32. The van der Waals surface area contributed by atoms with Gasteiger partial charge in [0.05, 0.1) is 5.39 Å². The van der Waals surface area contributed by atoms with Gasteiger partial charge in [-0.15, -0.1) is 0 Å². The van der Waals surface area contributed by atoms with Crippen LogP contribution in [0, 0.1) is 0 Å². The van der Waals surface area contributed by atoms with Gasteiger partial charge in [-0.3, -0.25) is 10.2 Å². The van der Waals surface area contributed by atoms with Crippen molar-refractivity contribution in [2.24, 2.45) is 0 Å². The number of nitrogens with one attached hydrogen (secondary N) is 2. The van der Waals surface area contributed by atoms with Crippen LogP contribution < -0.4 is 20.5 Å². The predicted octanol–water partition coefficient (Wildman–Crippen LogP) is 2.09. The summed E-state index contributed by atoms with van der Waals surface area (Å²) in [6.45, 7) is 5.60. The zero-order valence-electron chi connectivity index (χ0n) is 15.6. The van der Waals surface area contributed by atoms with Crippen molar-refractivity contribution in [3.8, 4) is 0 Å². The van der Waals surface area contributed by atoms with Crippen LogP contribution in [0.3, 0.4) is 0 Å². The molecule has 2 aliphatic rings. The molecule has 2 N–H and O–H groups in total. The van der Waals surface area contributed by atoms with Gasteiger partial charge >= 0.3 is 5.69 Å². The van der Waals surface area contributed by atoms with Gasteiger partial charge in [-0.25, -0.2) is 9.78 Å². The molecule has 1 aromatic heterocycles. The number of rotatable bonds is 3. The Kier molecular flexibility index (Phi) is 4.45. The molecule has 5 rings (SSSR count). The fraction of sp³-hybridized carbons (Fsp3) is 0.333. The molecule has 2 aliphatic heterocycles. The number of fused-ring (bicyclic) bond motifs is 3. The minimum absolute atomic E-state index is 0.0468. The Morgan fingerprint density at radius 2 is 1.89 bits per heavy atom. The van der Waals surface area contributed by atoms with Crippen LogP contribution in [0.15, 0.2) is 53.3 Å². The first-order valence-corrected chi connectivity index (χ1v) is 10.1. The van der Waals surface area contributed by atoms with E-state index in [2.05, 4.69) is 32.2 Å². The summed E-state index contributed by atoms with van der Waals surface area (Å²) in [6.07, 6.45) is 0. The van der Waals surface area contributed by atoms with Crippen LogP contribution in [0.25, 0.3) is 10.9 Å². The SMILES string of the molecule is O=c1[nH]c2ccccc2c2[n+]1C[C@H](CN1CCN(c3cccc(Cl)c3)CC1)N2. The molecule has 0 saturated carbocycles. The monoisotopic (exact) mass is 396 g/mol. The summed E-state index contributed by atoms with van der Waals surface area (Å²) in [5.74, 6) is 0.932. The third kappa shape index (κ3) is 3.23. The number of para-hydroxylation sites is 1. The average Bonchev–Trinajstić information content (AvgIpc) is 3.13. The van der Waals surface area contributed by atoms with Gasteiger partial charge in [0, 0.05) is 43.4 Å². The predicted molar refractivity (Wildman–Crippen MR) is 112 cm³/mol. The highest BCUT2D eigenvalue weighted by molar-refractivity contribution is 6.30. The quantitative estimate of drug-likeness (QED) is 0.666. The van der Waals surface area contributed by atoms with Gasteiger partial charge in [-0.1, -0.05) is 29.8 Å². The summed E-state index contributed by atoms with van der Waals surface area (Å²) in [5, 5.41) is 5.43. The Morgan fingerprint density at radius 1 is 1.07 bits per heavy atom. The van der Waals surface area contributed by atoms with E-state index in [1.165, 1.54) is 5.69 Å². The molecular formula is C21H23ClN5O+. The van der Waals surface area contributed by atoms with E-state index in [1.54, 1.807) is 0 Å². The van der Waals surface area contributed by atoms with Crippen LogP contribution >= 0.6 is 11.6 Å². The van der Waals surface area contributed by atoms with Crippen molar-refractivity contribution in [1.82, 2.24) is 9.88 Å². The molecule has 7 heteroatoms. The lowest BCUT2D eigenvalue weighted by molar-refractivity contribution is -0.689. The Bertz CT molecular complexity index is 1070. The van der Waals surface area contributed by atoms with Gasteiger partial charge in [0.1, 0.15) is 18.1 Å².